The van der Waals surface area contributed by atoms with E-state index in [0.29, 0.717) is 0 Å². The van der Waals surface area contributed by atoms with Gasteiger partial charge < -0.3 is 24.6 Å². The van der Waals surface area contributed by atoms with Gasteiger partial charge in [-0.3, -0.25) is 4.99 Å². The van der Waals surface area contributed by atoms with Crippen LogP contribution in [0.15, 0.2) is 23.2 Å². The molecule has 1 heterocycles. The molecule has 27 heavy (non-hydrogen) atoms. The molecule has 1 aliphatic rings. The van der Waals surface area contributed by atoms with E-state index in [0.717, 1.165) is 42.0 Å². The molecule has 6 nitrogen and oxygen atoms in total. The molecule has 0 radical (unpaired) electrons. The van der Waals surface area contributed by atoms with Gasteiger partial charge in [-0.15, -0.1) is 0 Å². The van der Waals surface area contributed by atoms with Crippen LogP contribution in [0.5, 0.6) is 11.5 Å². The van der Waals surface area contributed by atoms with Crippen LogP contribution in [0.4, 0.5) is 0 Å². The fourth-order valence-electron chi connectivity index (χ4n) is 3.68. The van der Waals surface area contributed by atoms with Crippen molar-refractivity contribution < 1.29 is 9.47 Å². The van der Waals surface area contributed by atoms with Gasteiger partial charge in [-0.1, -0.05) is 6.92 Å². The maximum Gasteiger partial charge on any atom is 0.193 e. The third-order valence-electron chi connectivity index (χ3n) is 5.47. The highest BCUT2D eigenvalue weighted by atomic mass is 16.5. The minimum atomic E-state index is 0.724. The lowest BCUT2D eigenvalue weighted by Gasteiger charge is -2.31. The van der Waals surface area contributed by atoms with E-state index in [-0.39, 0.29) is 0 Å². The maximum atomic E-state index is 5.51. The van der Waals surface area contributed by atoms with Crippen molar-refractivity contribution in [2.45, 2.75) is 32.7 Å². The molecule has 0 aromatic heterocycles. The summed E-state index contributed by atoms with van der Waals surface area (Å²) in [6.45, 7) is 7.60. The number of aliphatic imine (C=N–C) groups is 1. The lowest BCUT2D eigenvalue weighted by Crippen LogP contribution is -2.40. The molecule has 0 aliphatic carbocycles. The molecule has 0 amide bonds. The van der Waals surface area contributed by atoms with E-state index in [9.17, 15) is 0 Å². The molecular formula is C21H36N4O2. The Bertz CT molecular complexity index is 598. The van der Waals surface area contributed by atoms with Crippen molar-refractivity contribution in [3.8, 4) is 11.5 Å². The molecule has 1 N–H and O–H groups in total. The third kappa shape index (κ3) is 6.31. The lowest BCUT2D eigenvalue weighted by molar-refractivity contribution is 0.187. The molecule has 1 saturated heterocycles. The predicted octanol–water partition coefficient (Wildman–Crippen LogP) is 2.83. The fraction of sp³-hybridized carbons (Fsp3) is 0.667. The number of ether oxygens (including phenoxy) is 2. The normalized spacial score (nSPS) is 16.3. The third-order valence-corrected chi connectivity index (χ3v) is 5.47. The first-order chi connectivity index (χ1) is 13.1. The van der Waals surface area contributed by atoms with Gasteiger partial charge in [-0.05, 0) is 56.9 Å². The monoisotopic (exact) mass is 376 g/mol. The largest absolute Gasteiger partial charge is 0.497 e. The second kappa shape index (κ2) is 11.0. The Morgan fingerprint density at radius 1 is 1.26 bits per heavy atom. The highest BCUT2D eigenvalue weighted by molar-refractivity contribution is 5.79. The number of rotatable bonds is 8. The molecule has 0 spiro atoms. The average molecular weight is 377 g/mol. The van der Waals surface area contributed by atoms with Gasteiger partial charge in [0.25, 0.3) is 0 Å². The molecule has 1 aromatic carbocycles. The smallest absolute Gasteiger partial charge is 0.193 e. The van der Waals surface area contributed by atoms with Crippen LogP contribution >= 0.6 is 0 Å². The molecule has 0 saturated carbocycles. The average Bonchev–Trinajstić information content (AvgIpc) is 2.71. The summed E-state index contributed by atoms with van der Waals surface area (Å²) in [6, 6.07) is 5.93. The number of hydrogen-bond acceptors (Lipinski definition) is 4. The van der Waals surface area contributed by atoms with Gasteiger partial charge in [0, 0.05) is 38.8 Å². The minimum Gasteiger partial charge on any atom is -0.497 e. The Labute approximate surface area is 164 Å². The van der Waals surface area contributed by atoms with Crippen molar-refractivity contribution in [3.63, 3.8) is 0 Å². The zero-order valence-corrected chi connectivity index (χ0v) is 17.6. The predicted molar refractivity (Wildman–Crippen MR) is 112 cm³/mol. The first kappa shape index (κ1) is 21.4. The Morgan fingerprint density at radius 3 is 2.59 bits per heavy atom. The van der Waals surface area contributed by atoms with Gasteiger partial charge >= 0.3 is 0 Å². The van der Waals surface area contributed by atoms with Gasteiger partial charge in [0.05, 0.1) is 14.2 Å². The SMILES string of the molecule is CCN1CCC(CCNC(=NC)N(C)Cc2ccc(OC)cc2OC)CC1. The summed E-state index contributed by atoms with van der Waals surface area (Å²) in [7, 11) is 7.25. The Kier molecular flexibility index (Phi) is 8.72. The molecular weight excluding hydrogens is 340 g/mol. The number of likely N-dealkylation sites (tertiary alicyclic amines) is 1. The van der Waals surface area contributed by atoms with Crippen LogP contribution < -0.4 is 14.8 Å². The van der Waals surface area contributed by atoms with E-state index in [2.05, 4.69) is 34.1 Å². The van der Waals surface area contributed by atoms with E-state index in [1.807, 2.05) is 25.2 Å². The van der Waals surface area contributed by atoms with Crippen molar-refractivity contribution in [1.82, 2.24) is 15.1 Å². The van der Waals surface area contributed by atoms with Crippen molar-refractivity contribution in [3.05, 3.63) is 23.8 Å². The van der Waals surface area contributed by atoms with Gasteiger partial charge in [0.15, 0.2) is 5.96 Å². The summed E-state index contributed by atoms with van der Waals surface area (Å²) < 4.78 is 10.8. The van der Waals surface area contributed by atoms with E-state index in [1.165, 1.54) is 38.9 Å². The number of methoxy groups -OCH3 is 2. The van der Waals surface area contributed by atoms with Crippen LogP contribution in [-0.2, 0) is 6.54 Å². The van der Waals surface area contributed by atoms with E-state index in [4.69, 9.17) is 9.47 Å². The molecule has 0 atom stereocenters. The van der Waals surface area contributed by atoms with Gasteiger partial charge in [0.1, 0.15) is 11.5 Å². The van der Waals surface area contributed by atoms with Crippen molar-refractivity contribution in [2.75, 3.05) is 54.5 Å². The molecule has 6 heteroatoms. The summed E-state index contributed by atoms with van der Waals surface area (Å²) in [5.74, 6) is 3.37. The highest BCUT2D eigenvalue weighted by Gasteiger charge is 2.18. The number of hydrogen-bond donors (Lipinski definition) is 1. The highest BCUT2D eigenvalue weighted by Crippen LogP contribution is 2.25. The summed E-state index contributed by atoms with van der Waals surface area (Å²) >= 11 is 0. The van der Waals surface area contributed by atoms with Crippen LogP contribution in [-0.4, -0.2) is 70.3 Å². The first-order valence-corrected chi connectivity index (χ1v) is 9.96. The van der Waals surface area contributed by atoms with E-state index in [1.54, 1.807) is 14.2 Å². The second-order valence-corrected chi connectivity index (χ2v) is 7.17. The second-order valence-electron chi connectivity index (χ2n) is 7.17. The van der Waals surface area contributed by atoms with Crippen molar-refractivity contribution in [2.24, 2.45) is 10.9 Å². The van der Waals surface area contributed by atoms with Crippen LogP contribution in [0.2, 0.25) is 0 Å². The maximum absolute atomic E-state index is 5.51. The summed E-state index contributed by atoms with van der Waals surface area (Å²) in [5.41, 5.74) is 1.11. The Hall–Kier alpha value is -1.95. The van der Waals surface area contributed by atoms with Gasteiger partial charge in [0.2, 0.25) is 0 Å². The van der Waals surface area contributed by atoms with E-state index < -0.39 is 0 Å². The topological polar surface area (TPSA) is 49.3 Å². The zero-order chi connectivity index (χ0) is 19.6. The fourth-order valence-corrected chi connectivity index (χ4v) is 3.68. The minimum absolute atomic E-state index is 0.724. The number of guanidine groups is 1. The molecule has 0 unspecified atom stereocenters. The summed E-state index contributed by atoms with van der Waals surface area (Å²) in [4.78, 5) is 9.11. The van der Waals surface area contributed by atoms with Gasteiger partial charge in [-0.2, -0.15) is 0 Å². The number of benzene rings is 1. The Morgan fingerprint density at radius 2 is 2.00 bits per heavy atom. The molecule has 152 valence electrons. The van der Waals surface area contributed by atoms with Crippen LogP contribution in [0.25, 0.3) is 0 Å². The number of nitrogens with one attached hydrogen (secondary N) is 1. The van der Waals surface area contributed by atoms with Crippen molar-refractivity contribution >= 4 is 5.96 Å². The number of piperidine rings is 1. The molecule has 2 rings (SSSR count). The Balaban J connectivity index is 1.83. The summed E-state index contributed by atoms with van der Waals surface area (Å²) in [6.07, 6.45) is 3.83. The molecule has 1 fully saturated rings. The number of nitrogens with zero attached hydrogens (tertiary/aromatic N) is 3. The van der Waals surface area contributed by atoms with Crippen LogP contribution in [0.1, 0.15) is 31.7 Å². The molecule has 0 bridgehead atoms. The van der Waals surface area contributed by atoms with Crippen molar-refractivity contribution in [1.29, 1.82) is 0 Å². The molecule has 1 aromatic rings. The summed E-state index contributed by atoms with van der Waals surface area (Å²) in [5, 5.41) is 3.52. The first-order valence-electron chi connectivity index (χ1n) is 9.96. The van der Waals surface area contributed by atoms with Crippen LogP contribution in [0, 0.1) is 5.92 Å². The quantitative estimate of drug-likeness (QED) is 0.558. The standard InChI is InChI=1S/C21H36N4O2/c1-6-25-13-10-17(11-14-25)9-12-23-21(22-2)24(3)16-18-7-8-19(26-4)15-20(18)27-5/h7-8,15,17H,6,9-14,16H2,1-5H3,(H,22,23). The van der Waals surface area contributed by atoms with Crippen LogP contribution in [0.3, 0.4) is 0 Å². The van der Waals surface area contributed by atoms with Gasteiger partial charge in [-0.25, -0.2) is 0 Å². The van der Waals surface area contributed by atoms with E-state index >= 15 is 0 Å². The lowest BCUT2D eigenvalue weighted by atomic mass is 9.93. The molecule has 1 aliphatic heterocycles. The zero-order valence-electron chi connectivity index (χ0n) is 17.6.